The number of hydrogen-bond donors (Lipinski definition) is 2. The number of carbonyl (C=O) groups is 1. The highest BCUT2D eigenvalue weighted by atomic mass is 19.1. The van der Waals surface area contributed by atoms with Crippen LogP contribution in [0.3, 0.4) is 0 Å². The number of anilines is 1. The van der Waals surface area contributed by atoms with Crippen LogP contribution in [0.1, 0.15) is 32.1 Å². The van der Waals surface area contributed by atoms with Gasteiger partial charge in [0.15, 0.2) is 0 Å². The fraction of sp³-hybridized carbons (Fsp3) is 0.588. The summed E-state index contributed by atoms with van der Waals surface area (Å²) in [5.74, 6) is -0.0964. The molecule has 0 radical (unpaired) electrons. The van der Waals surface area contributed by atoms with Crippen molar-refractivity contribution in [2.75, 3.05) is 24.5 Å². The summed E-state index contributed by atoms with van der Waals surface area (Å²) in [5, 5.41) is 6.45. The Morgan fingerprint density at radius 1 is 1.27 bits per heavy atom. The van der Waals surface area contributed by atoms with Crippen LogP contribution >= 0.6 is 0 Å². The molecule has 120 valence electrons. The van der Waals surface area contributed by atoms with Gasteiger partial charge in [0.2, 0.25) is 5.91 Å². The molecular weight excluding hydrogens is 281 g/mol. The first-order chi connectivity index (χ1) is 10.7. The summed E-state index contributed by atoms with van der Waals surface area (Å²) in [6.45, 7) is 2.59. The van der Waals surface area contributed by atoms with Crippen molar-refractivity contribution in [2.24, 2.45) is 0 Å². The third kappa shape index (κ3) is 3.77. The normalized spacial score (nSPS) is 25.8. The van der Waals surface area contributed by atoms with Gasteiger partial charge < -0.3 is 15.5 Å². The highest BCUT2D eigenvalue weighted by molar-refractivity contribution is 5.82. The number of nitrogens with zero attached hydrogens (tertiary/aromatic N) is 1. The van der Waals surface area contributed by atoms with Gasteiger partial charge >= 0.3 is 0 Å². The minimum absolute atomic E-state index is 0.0432. The van der Waals surface area contributed by atoms with E-state index < -0.39 is 0 Å². The Kier molecular flexibility index (Phi) is 4.93. The van der Waals surface area contributed by atoms with Crippen molar-refractivity contribution in [3.63, 3.8) is 0 Å². The van der Waals surface area contributed by atoms with Crippen LogP contribution in [0.2, 0.25) is 0 Å². The van der Waals surface area contributed by atoms with E-state index in [-0.39, 0.29) is 23.8 Å². The van der Waals surface area contributed by atoms with E-state index in [1.54, 1.807) is 12.1 Å². The molecule has 4 nitrogen and oxygen atoms in total. The lowest BCUT2D eigenvalue weighted by Crippen LogP contribution is -2.54. The van der Waals surface area contributed by atoms with E-state index in [0.29, 0.717) is 0 Å². The maximum Gasteiger partial charge on any atom is 0.237 e. The SMILES string of the molecule is O=C(NC1CCCN(c2cccc(F)c2)C1)[C@H]1CCCCN1. The average molecular weight is 305 g/mol. The number of nitrogens with one attached hydrogen (secondary N) is 2. The third-order valence-electron chi connectivity index (χ3n) is 4.57. The molecule has 2 aliphatic heterocycles. The number of halogens is 1. The lowest BCUT2D eigenvalue weighted by atomic mass is 10.0. The Balaban J connectivity index is 1.57. The second kappa shape index (κ2) is 7.09. The molecule has 2 fully saturated rings. The fourth-order valence-electron chi connectivity index (χ4n) is 3.38. The molecule has 2 atom stereocenters. The van der Waals surface area contributed by atoms with Gasteiger partial charge in [-0.05, 0) is 50.4 Å². The van der Waals surface area contributed by atoms with Gasteiger partial charge in [0.1, 0.15) is 5.82 Å². The molecular formula is C17H24FN3O. The van der Waals surface area contributed by atoms with Crippen LogP contribution < -0.4 is 15.5 Å². The number of rotatable bonds is 3. The van der Waals surface area contributed by atoms with E-state index >= 15 is 0 Å². The molecule has 0 bridgehead atoms. The number of amides is 1. The van der Waals surface area contributed by atoms with Gasteiger partial charge in [-0.2, -0.15) is 0 Å². The van der Waals surface area contributed by atoms with Gasteiger partial charge in [-0.3, -0.25) is 4.79 Å². The first-order valence-corrected chi connectivity index (χ1v) is 8.26. The summed E-state index contributed by atoms with van der Waals surface area (Å²) in [4.78, 5) is 14.5. The summed E-state index contributed by atoms with van der Waals surface area (Å²) in [5.41, 5.74) is 0.898. The van der Waals surface area contributed by atoms with Crippen molar-refractivity contribution in [3.05, 3.63) is 30.1 Å². The van der Waals surface area contributed by atoms with E-state index in [2.05, 4.69) is 15.5 Å². The molecule has 0 spiro atoms. The first kappa shape index (κ1) is 15.3. The lowest BCUT2D eigenvalue weighted by Gasteiger charge is -2.35. The summed E-state index contributed by atoms with van der Waals surface area (Å²) in [6, 6.07) is 6.79. The quantitative estimate of drug-likeness (QED) is 0.898. The van der Waals surface area contributed by atoms with E-state index in [1.807, 2.05) is 6.07 Å². The molecule has 3 rings (SSSR count). The monoisotopic (exact) mass is 305 g/mol. The lowest BCUT2D eigenvalue weighted by molar-refractivity contribution is -0.124. The van der Waals surface area contributed by atoms with E-state index in [0.717, 1.165) is 57.4 Å². The minimum Gasteiger partial charge on any atom is -0.369 e. The first-order valence-electron chi connectivity index (χ1n) is 8.26. The van der Waals surface area contributed by atoms with Gasteiger partial charge in [0.25, 0.3) is 0 Å². The topological polar surface area (TPSA) is 44.4 Å². The van der Waals surface area contributed by atoms with Crippen molar-refractivity contribution in [1.82, 2.24) is 10.6 Å². The molecule has 1 aromatic rings. The molecule has 1 aromatic carbocycles. The Labute approximate surface area is 131 Å². The molecule has 0 aromatic heterocycles. The second-order valence-corrected chi connectivity index (χ2v) is 6.28. The van der Waals surface area contributed by atoms with Crippen LogP contribution in [-0.2, 0) is 4.79 Å². The number of hydrogen-bond acceptors (Lipinski definition) is 3. The standard InChI is InChI=1S/C17H24FN3O/c18-13-5-3-7-15(11-13)21-10-4-6-14(12-21)20-17(22)16-8-1-2-9-19-16/h3,5,7,11,14,16,19H,1-2,4,6,8-10,12H2,(H,20,22)/t14?,16-/m1/s1. The van der Waals surface area contributed by atoms with Crippen molar-refractivity contribution in [3.8, 4) is 0 Å². The van der Waals surface area contributed by atoms with Crippen molar-refractivity contribution in [2.45, 2.75) is 44.2 Å². The highest BCUT2D eigenvalue weighted by Gasteiger charge is 2.26. The van der Waals surface area contributed by atoms with E-state index in [9.17, 15) is 9.18 Å². The Bertz CT molecular complexity index is 516. The van der Waals surface area contributed by atoms with Crippen molar-refractivity contribution in [1.29, 1.82) is 0 Å². The highest BCUT2D eigenvalue weighted by Crippen LogP contribution is 2.21. The van der Waals surface area contributed by atoms with Crippen LogP contribution in [0, 0.1) is 5.82 Å². The van der Waals surface area contributed by atoms with E-state index in [1.165, 1.54) is 6.07 Å². The van der Waals surface area contributed by atoms with Crippen molar-refractivity contribution >= 4 is 11.6 Å². The molecule has 1 unspecified atom stereocenters. The van der Waals surface area contributed by atoms with Gasteiger partial charge in [0.05, 0.1) is 6.04 Å². The summed E-state index contributed by atoms with van der Waals surface area (Å²) in [6.07, 6.45) is 5.20. The predicted octanol–water partition coefficient (Wildman–Crippen LogP) is 2.05. The molecule has 0 aliphatic carbocycles. The fourth-order valence-corrected chi connectivity index (χ4v) is 3.38. The van der Waals surface area contributed by atoms with Crippen LogP contribution in [0.5, 0.6) is 0 Å². The molecule has 1 amide bonds. The molecule has 22 heavy (non-hydrogen) atoms. The zero-order chi connectivity index (χ0) is 15.4. The van der Waals surface area contributed by atoms with E-state index in [4.69, 9.17) is 0 Å². The zero-order valence-corrected chi connectivity index (χ0v) is 12.9. The minimum atomic E-state index is -0.213. The molecule has 2 aliphatic rings. The Hall–Kier alpha value is -1.62. The summed E-state index contributed by atoms with van der Waals surface area (Å²) < 4.78 is 13.4. The van der Waals surface area contributed by atoms with Gasteiger partial charge in [-0.15, -0.1) is 0 Å². The molecule has 5 heteroatoms. The Morgan fingerprint density at radius 2 is 2.18 bits per heavy atom. The average Bonchev–Trinajstić information content (AvgIpc) is 2.56. The van der Waals surface area contributed by atoms with Gasteiger partial charge in [-0.1, -0.05) is 12.5 Å². The summed E-state index contributed by atoms with van der Waals surface area (Å²) in [7, 11) is 0. The van der Waals surface area contributed by atoms with Crippen LogP contribution in [0.15, 0.2) is 24.3 Å². The molecule has 2 heterocycles. The number of benzene rings is 1. The maximum absolute atomic E-state index is 13.4. The van der Waals surface area contributed by atoms with Crippen LogP contribution in [-0.4, -0.2) is 37.6 Å². The van der Waals surface area contributed by atoms with Crippen molar-refractivity contribution < 1.29 is 9.18 Å². The smallest absolute Gasteiger partial charge is 0.237 e. The summed E-state index contributed by atoms with van der Waals surface area (Å²) >= 11 is 0. The predicted molar refractivity (Wildman–Crippen MR) is 85.4 cm³/mol. The van der Waals surface area contributed by atoms with Gasteiger partial charge in [0, 0.05) is 24.8 Å². The second-order valence-electron chi connectivity index (χ2n) is 6.28. The Morgan fingerprint density at radius 3 is 2.95 bits per heavy atom. The number of carbonyl (C=O) groups excluding carboxylic acids is 1. The zero-order valence-electron chi connectivity index (χ0n) is 12.9. The molecule has 2 saturated heterocycles. The van der Waals surface area contributed by atoms with Crippen LogP contribution in [0.4, 0.5) is 10.1 Å². The molecule has 0 saturated carbocycles. The molecule has 2 N–H and O–H groups in total. The van der Waals surface area contributed by atoms with Crippen LogP contribution in [0.25, 0.3) is 0 Å². The maximum atomic E-state index is 13.4. The van der Waals surface area contributed by atoms with Gasteiger partial charge in [-0.25, -0.2) is 4.39 Å². The number of piperidine rings is 2. The largest absolute Gasteiger partial charge is 0.369 e. The third-order valence-corrected chi connectivity index (χ3v) is 4.57.